The van der Waals surface area contributed by atoms with Crippen LogP contribution in [0.4, 0.5) is 4.79 Å². The van der Waals surface area contributed by atoms with Crippen molar-refractivity contribution in [1.82, 2.24) is 4.90 Å². The number of hydrogen-bond donors (Lipinski definition) is 0. The van der Waals surface area contributed by atoms with Crippen LogP contribution in [0.3, 0.4) is 0 Å². The zero-order valence-corrected chi connectivity index (χ0v) is 19.3. The minimum atomic E-state index is -1.14. The van der Waals surface area contributed by atoms with E-state index in [-0.39, 0.29) is 18.8 Å². The minimum Gasteiger partial charge on any atom is -0.460 e. The predicted molar refractivity (Wildman–Crippen MR) is 121 cm³/mol. The highest BCUT2D eigenvalue weighted by Crippen LogP contribution is 2.47. The maximum absolute atomic E-state index is 13.2. The first-order valence-electron chi connectivity index (χ1n) is 10.9. The van der Waals surface area contributed by atoms with Gasteiger partial charge in [-0.25, -0.2) is 9.69 Å². The number of carbonyl (C=O) groups excluding carboxylic acids is 3. The second-order valence-corrected chi connectivity index (χ2v) is 9.37. The van der Waals surface area contributed by atoms with E-state index in [1.54, 1.807) is 20.8 Å². The number of ether oxygens (including phenoxy) is 2. The molecule has 0 N–H and O–H groups in total. The number of cyclic esters (lactones) is 1. The van der Waals surface area contributed by atoms with Gasteiger partial charge >= 0.3 is 12.1 Å². The Kier molecular flexibility index (Phi) is 6.72. The SMILES string of the molecule is CC(C)C1N(C(=O)CCC(=O)OC(C)(C)C)C(=O)OC1(c1ccccc1)c1ccccc1. The molecule has 1 heterocycles. The van der Waals surface area contributed by atoms with Crippen LogP contribution >= 0.6 is 0 Å². The standard InChI is InChI=1S/C26H31NO5/c1-18(2)23-26(19-12-8-6-9-13-19,20-14-10-7-11-15-20)32-24(30)27(23)21(28)16-17-22(29)31-25(3,4)5/h6-15,18,23H,16-17H2,1-5H3. The smallest absolute Gasteiger partial charge is 0.418 e. The molecule has 1 aliphatic rings. The monoisotopic (exact) mass is 437 g/mol. The van der Waals surface area contributed by atoms with Gasteiger partial charge in [0.05, 0.1) is 12.5 Å². The fourth-order valence-corrected chi connectivity index (χ4v) is 4.29. The van der Waals surface area contributed by atoms with Gasteiger partial charge in [0.1, 0.15) is 5.60 Å². The average molecular weight is 438 g/mol. The van der Waals surface area contributed by atoms with Crippen molar-refractivity contribution >= 4 is 18.0 Å². The molecule has 1 unspecified atom stereocenters. The van der Waals surface area contributed by atoms with E-state index >= 15 is 0 Å². The van der Waals surface area contributed by atoms with Crippen molar-refractivity contribution in [3.05, 3.63) is 71.8 Å². The molecule has 1 saturated heterocycles. The first kappa shape index (κ1) is 23.5. The summed E-state index contributed by atoms with van der Waals surface area (Å²) in [5.41, 5.74) is -0.195. The van der Waals surface area contributed by atoms with Gasteiger partial charge in [0.15, 0.2) is 5.60 Å². The predicted octanol–water partition coefficient (Wildman–Crippen LogP) is 5.06. The van der Waals surface area contributed by atoms with Gasteiger partial charge in [0, 0.05) is 17.5 Å². The summed E-state index contributed by atoms with van der Waals surface area (Å²) in [6, 6.07) is 18.4. The lowest BCUT2D eigenvalue weighted by Gasteiger charge is -2.37. The van der Waals surface area contributed by atoms with E-state index in [9.17, 15) is 14.4 Å². The van der Waals surface area contributed by atoms with Crippen molar-refractivity contribution in [2.24, 2.45) is 5.92 Å². The summed E-state index contributed by atoms with van der Waals surface area (Å²) in [5, 5.41) is 0. The Labute approximate surface area is 189 Å². The van der Waals surface area contributed by atoms with Gasteiger partial charge in [-0.15, -0.1) is 0 Å². The first-order chi connectivity index (χ1) is 15.1. The third kappa shape index (κ3) is 4.69. The highest BCUT2D eigenvalue weighted by Gasteiger charge is 2.59. The van der Waals surface area contributed by atoms with Gasteiger partial charge < -0.3 is 9.47 Å². The zero-order valence-electron chi connectivity index (χ0n) is 19.3. The normalized spacial score (nSPS) is 17.9. The molecule has 2 aromatic rings. The molecule has 1 atom stereocenters. The van der Waals surface area contributed by atoms with Crippen molar-refractivity contribution in [3.8, 4) is 0 Å². The van der Waals surface area contributed by atoms with Gasteiger partial charge in [-0.2, -0.15) is 0 Å². The molecular formula is C26H31NO5. The lowest BCUT2D eigenvalue weighted by atomic mass is 9.75. The molecule has 0 spiro atoms. The molecule has 1 fully saturated rings. The van der Waals surface area contributed by atoms with E-state index in [1.807, 2.05) is 74.5 Å². The minimum absolute atomic E-state index is 0.103. The molecule has 6 nitrogen and oxygen atoms in total. The summed E-state index contributed by atoms with van der Waals surface area (Å²) in [5.74, 6) is -1.03. The molecule has 3 rings (SSSR count). The third-order valence-corrected chi connectivity index (χ3v) is 5.41. The van der Waals surface area contributed by atoms with Crippen molar-refractivity contribution < 1.29 is 23.9 Å². The maximum Gasteiger partial charge on any atom is 0.418 e. The summed E-state index contributed by atoms with van der Waals surface area (Å²) in [4.78, 5) is 39.7. The number of esters is 1. The largest absolute Gasteiger partial charge is 0.460 e. The van der Waals surface area contributed by atoms with Crippen LogP contribution in [0.2, 0.25) is 0 Å². The van der Waals surface area contributed by atoms with E-state index < -0.39 is 35.2 Å². The molecule has 6 heteroatoms. The molecule has 0 aliphatic carbocycles. The average Bonchev–Trinajstić information content (AvgIpc) is 3.06. The highest BCUT2D eigenvalue weighted by molar-refractivity contribution is 5.96. The second-order valence-electron chi connectivity index (χ2n) is 9.37. The maximum atomic E-state index is 13.2. The number of imide groups is 1. The van der Waals surface area contributed by atoms with E-state index in [0.717, 1.165) is 11.1 Å². The molecule has 1 aliphatic heterocycles. The lowest BCUT2D eigenvalue weighted by Crippen LogP contribution is -2.49. The van der Waals surface area contributed by atoms with Gasteiger partial charge in [0.25, 0.3) is 0 Å². The van der Waals surface area contributed by atoms with Crippen LogP contribution in [0.5, 0.6) is 0 Å². The van der Waals surface area contributed by atoms with Crippen LogP contribution in [0.1, 0.15) is 58.6 Å². The molecule has 2 aromatic carbocycles. The summed E-state index contributed by atoms with van der Waals surface area (Å²) in [7, 11) is 0. The van der Waals surface area contributed by atoms with Gasteiger partial charge in [-0.3, -0.25) is 9.59 Å². The van der Waals surface area contributed by atoms with Gasteiger partial charge in [0.2, 0.25) is 5.91 Å². The van der Waals surface area contributed by atoms with E-state index in [4.69, 9.17) is 9.47 Å². The van der Waals surface area contributed by atoms with E-state index in [2.05, 4.69) is 0 Å². The second kappa shape index (κ2) is 9.15. The quantitative estimate of drug-likeness (QED) is 0.591. The fraction of sp³-hybridized carbons (Fsp3) is 0.423. The lowest BCUT2D eigenvalue weighted by molar-refractivity contribution is -0.156. The number of benzene rings is 2. The third-order valence-electron chi connectivity index (χ3n) is 5.41. The van der Waals surface area contributed by atoms with Crippen molar-refractivity contribution in [2.45, 2.75) is 64.7 Å². The molecule has 0 bridgehead atoms. The number of nitrogens with zero attached hydrogens (tertiary/aromatic N) is 1. The summed E-state index contributed by atoms with van der Waals surface area (Å²) >= 11 is 0. The molecule has 0 radical (unpaired) electrons. The Balaban J connectivity index is 1.98. The number of hydrogen-bond acceptors (Lipinski definition) is 5. The zero-order chi connectivity index (χ0) is 23.5. The Bertz CT molecular complexity index is 923. The van der Waals surface area contributed by atoms with E-state index in [1.165, 1.54) is 4.90 Å². The Morgan fingerprint density at radius 3 is 1.91 bits per heavy atom. The van der Waals surface area contributed by atoms with E-state index in [0.29, 0.717) is 0 Å². The Morgan fingerprint density at radius 2 is 1.47 bits per heavy atom. The van der Waals surface area contributed by atoms with Crippen LogP contribution in [0.15, 0.2) is 60.7 Å². The van der Waals surface area contributed by atoms with Crippen LogP contribution in [0, 0.1) is 5.92 Å². The summed E-state index contributed by atoms with van der Waals surface area (Å²) in [6.45, 7) is 9.23. The topological polar surface area (TPSA) is 72.9 Å². The molecule has 170 valence electrons. The highest BCUT2D eigenvalue weighted by atomic mass is 16.6. The van der Waals surface area contributed by atoms with Crippen molar-refractivity contribution in [3.63, 3.8) is 0 Å². The molecule has 0 aromatic heterocycles. The molecule has 0 saturated carbocycles. The Hall–Kier alpha value is -3.15. The van der Waals surface area contributed by atoms with Crippen LogP contribution in [-0.4, -0.2) is 34.5 Å². The Morgan fingerprint density at radius 1 is 0.969 bits per heavy atom. The fourth-order valence-electron chi connectivity index (χ4n) is 4.29. The molecule has 2 amide bonds. The van der Waals surface area contributed by atoms with Crippen molar-refractivity contribution in [1.29, 1.82) is 0 Å². The van der Waals surface area contributed by atoms with Crippen LogP contribution < -0.4 is 0 Å². The van der Waals surface area contributed by atoms with Gasteiger partial charge in [-0.05, 0) is 26.7 Å². The number of carbonyl (C=O) groups is 3. The first-order valence-corrected chi connectivity index (χ1v) is 10.9. The molecule has 32 heavy (non-hydrogen) atoms. The number of amides is 2. The summed E-state index contributed by atoms with van der Waals surface area (Å²) in [6.07, 6.45) is -0.938. The van der Waals surface area contributed by atoms with Gasteiger partial charge in [-0.1, -0.05) is 74.5 Å². The summed E-state index contributed by atoms with van der Waals surface area (Å²) < 4.78 is 11.4. The number of rotatable bonds is 6. The van der Waals surface area contributed by atoms with Crippen molar-refractivity contribution in [2.75, 3.05) is 0 Å². The molecular weight excluding hydrogens is 406 g/mol. The van der Waals surface area contributed by atoms with Crippen LogP contribution in [0.25, 0.3) is 0 Å². The van der Waals surface area contributed by atoms with Crippen LogP contribution in [-0.2, 0) is 24.7 Å².